The second-order valence-electron chi connectivity index (χ2n) is 8.44. The number of nitrogens with zero attached hydrogens (tertiary/aromatic N) is 3. The van der Waals surface area contributed by atoms with Gasteiger partial charge in [0.15, 0.2) is 0 Å². The lowest BCUT2D eigenvalue weighted by molar-refractivity contribution is -0.136. The maximum absolute atomic E-state index is 13.1. The van der Waals surface area contributed by atoms with Gasteiger partial charge in [-0.05, 0) is 44.7 Å². The van der Waals surface area contributed by atoms with Gasteiger partial charge >= 0.3 is 0 Å². The summed E-state index contributed by atoms with van der Waals surface area (Å²) in [5, 5.41) is 3.22. The number of amides is 2. The van der Waals surface area contributed by atoms with Crippen molar-refractivity contribution in [3.05, 3.63) is 0 Å². The Morgan fingerprint density at radius 2 is 1.63 bits per heavy atom. The van der Waals surface area contributed by atoms with Gasteiger partial charge in [0.25, 0.3) is 0 Å². The molecule has 0 radical (unpaired) electrons. The number of piperazine rings is 1. The van der Waals surface area contributed by atoms with E-state index in [9.17, 15) is 9.59 Å². The smallest absolute Gasteiger partial charge is 0.237 e. The Morgan fingerprint density at radius 3 is 2.19 bits per heavy atom. The zero-order valence-electron chi connectivity index (χ0n) is 17.3. The Bertz CT molecular complexity index is 490. The first-order valence-electron chi connectivity index (χ1n) is 11.2. The second-order valence-corrected chi connectivity index (χ2v) is 8.44. The molecule has 2 aliphatic carbocycles. The van der Waals surface area contributed by atoms with Gasteiger partial charge in [0.2, 0.25) is 11.8 Å². The molecule has 1 aliphatic heterocycles. The highest BCUT2D eigenvalue weighted by atomic mass is 16.2. The molecule has 1 atom stereocenters. The number of rotatable bonds is 9. The molecule has 0 aromatic carbocycles. The van der Waals surface area contributed by atoms with Crippen molar-refractivity contribution in [2.45, 2.75) is 58.4 Å². The van der Waals surface area contributed by atoms with Gasteiger partial charge in [-0.15, -0.1) is 0 Å². The molecule has 0 spiro atoms. The predicted molar refractivity (Wildman–Crippen MR) is 107 cm³/mol. The minimum atomic E-state index is -0.0117. The van der Waals surface area contributed by atoms with E-state index in [1.165, 1.54) is 12.8 Å². The lowest BCUT2D eigenvalue weighted by atomic mass is 9.95. The Kier molecular flexibility index (Phi) is 7.53. The van der Waals surface area contributed by atoms with Crippen molar-refractivity contribution in [1.29, 1.82) is 0 Å². The lowest BCUT2D eigenvalue weighted by Crippen LogP contribution is -2.58. The van der Waals surface area contributed by atoms with E-state index >= 15 is 0 Å². The van der Waals surface area contributed by atoms with Gasteiger partial charge < -0.3 is 15.1 Å². The van der Waals surface area contributed by atoms with Crippen LogP contribution < -0.4 is 5.32 Å². The van der Waals surface area contributed by atoms with Gasteiger partial charge in [0.05, 0.1) is 6.04 Å². The van der Waals surface area contributed by atoms with Crippen molar-refractivity contribution in [1.82, 2.24) is 20.0 Å². The minimum absolute atomic E-state index is 0.0117. The number of carbonyl (C=O) groups is 2. The summed E-state index contributed by atoms with van der Waals surface area (Å²) in [6, 6.07) is -0.0117. The van der Waals surface area contributed by atoms with Crippen LogP contribution in [0.1, 0.15) is 52.4 Å². The highest BCUT2D eigenvalue weighted by Gasteiger charge is 2.39. The van der Waals surface area contributed by atoms with Gasteiger partial charge in [-0.2, -0.15) is 0 Å². The Hall–Kier alpha value is -1.14. The normalized spacial score (nSPS) is 23.0. The van der Waals surface area contributed by atoms with Crippen molar-refractivity contribution in [2.75, 3.05) is 52.4 Å². The summed E-state index contributed by atoms with van der Waals surface area (Å²) in [6.07, 6.45) is 6.95. The van der Waals surface area contributed by atoms with E-state index in [2.05, 4.69) is 29.0 Å². The first-order valence-corrected chi connectivity index (χ1v) is 11.2. The van der Waals surface area contributed by atoms with Crippen LogP contribution in [0.2, 0.25) is 0 Å². The SMILES string of the molecule is CCN(CC)CCNC(=O)C(C1CCCC1)N1CCN(C(=O)C2CC2)CC1. The summed E-state index contributed by atoms with van der Waals surface area (Å²) >= 11 is 0. The molecule has 154 valence electrons. The van der Waals surface area contributed by atoms with Gasteiger partial charge in [-0.1, -0.05) is 26.7 Å². The van der Waals surface area contributed by atoms with Crippen LogP contribution in [0.4, 0.5) is 0 Å². The van der Waals surface area contributed by atoms with Crippen molar-refractivity contribution < 1.29 is 9.59 Å². The van der Waals surface area contributed by atoms with E-state index in [1.807, 2.05) is 4.90 Å². The third-order valence-electron chi connectivity index (χ3n) is 6.68. The first kappa shape index (κ1) is 20.6. The largest absolute Gasteiger partial charge is 0.353 e. The molecule has 0 bridgehead atoms. The summed E-state index contributed by atoms with van der Waals surface area (Å²) in [5.41, 5.74) is 0. The van der Waals surface area contributed by atoms with E-state index in [0.717, 1.165) is 78.0 Å². The average molecular weight is 379 g/mol. The highest BCUT2D eigenvalue weighted by Crippen LogP contribution is 2.33. The zero-order valence-corrected chi connectivity index (χ0v) is 17.3. The molecule has 6 nitrogen and oxygen atoms in total. The molecule has 3 rings (SSSR count). The van der Waals surface area contributed by atoms with Crippen LogP contribution in [-0.2, 0) is 9.59 Å². The standard InChI is InChI=1S/C21H38N4O2/c1-3-23(4-2)12-11-22-20(26)19(17-7-5-6-8-17)24-13-15-25(16-14-24)21(27)18-9-10-18/h17-19H,3-16H2,1-2H3,(H,22,26). The maximum atomic E-state index is 13.1. The van der Waals surface area contributed by atoms with Crippen molar-refractivity contribution in [3.8, 4) is 0 Å². The Morgan fingerprint density at radius 1 is 1.00 bits per heavy atom. The lowest BCUT2D eigenvalue weighted by Gasteiger charge is -2.41. The molecule has 3 fully saturated rings. The molecule has 27 heavy (non-hydrogen) atoms. The van der Waals surface area contributed by atoms with Gasteiger partial charge in [0.1, 0.15) is 0 Å². The molecule has 0 aromatic rings. The fourth-order valence-electron chi connectivity index (χ4n) is 4.74. The molecule has 2 amide bonds. The quantitative estimate of drug-likeness (QED) is 0.662. The molecule has 2 saturated carbocycles. The maximum Gasteiger partial charge on any atom is 0.237 e. The molecule has 1 saturated heterocycles. The Balaban J connectivity index is 1.53. The molecule has 0 aromatic heterocycles. The fraction of sp³-hybridized carbons (Fsp3) is 0.905. The van der Waals surface area contributed by atoms with Crippen LogP contribution >= 0.6 is 0 Å². The van der Waals surface area contributed by atoms with E-state index < -0.39 is 0 Å². The predicted octanol–water partition coefficient (Wildman–Crippen LogP) is 1.56. The highest BCUT2D eigenvalue weighted by molar-refractivity contribution is 5.82. The van der Waals surface area contributed by atoms with Crippen LogP contribution in [0.15, 0.2) is 0 Å². The van der Waals surface area contributed by atoms with Crippen LogP contribution in [0, 0.1) is 11.8 Å². The number of carbonyl (C=O) groups excluding carboxylic acids is 2. The zero-order chi connectivity index (χ0) is 19.2. The van der Waals surface area contributed by atoms with E-state index in [0.29, 0.717) is 17.7 Å². The average Bonchev–Trinajstić information content (AvgIpc) is 3.41. The second kappa shape index (κ2) is 9.87. The molecule has 1 unspecified atom stereocenters. The van der Waals surface area contributed by atoms with Crippen LogP contribution in [-0.4, -0.2) is 84.9 Å². The van der Waals surface area contributed by atoms with E-state index in [-0.39, 0.29) is 11.9 Å². The van der Waals surface area contributed by atoms with Crippen LogP contribution in [0.25, 0.3) is 0 Å². The number of nitrogens with one attached hydrogen (secondary N) is 1. The fourth-order valence-corrected chi connectivity index (χ4v) is 4.74. The number of hydrogen-bond acceptors (Lipinski definition) is 4. The molecular weight excluding hydrogens is 340 g/mol. The number of hydrogen-bond donors (Lipinski definition) is 1. The van der Waals surface area contributed by atoms with Crippen molar-refractivity contribution in [3.63, 3.8) is 0 Å². The Labute approximate surface area is 164 Å². The van der Waals surface area contributed by atoms with Gasteiger partial charge in [-0.25, -0.2) is 0 Å². The van der Waals surface area contributed by atoms with E-state index in [4.69, 9.17) is 0 Å². The molecule has 3 aliphatic rings. The van der Waals surface area contributed by atoms with Crippen LogP contribution in [0.3, 0.4) is 0 Å². The number of likely N-dealkylation sites (N-methyl/N-ethyl adjacent to an activating group) is 1. The molecular formula is C21H38N4O2. The molecule has 6 heteroatoms. The summed E-state index contributed by atoms with van der Waals surface area (Å²) in [4.78, 5) is 32.1. The first-order chi connectivity index (χ1) is 13.1. The molecule has 1 heterocycles. The van der Waals surface area contributed by atoms with Crippen molar-refractivity contribution in [2.24, 2.45) is 11.8 Å². The summed E-state index contributed by atoms with van der Waals surface area (Å²) < 4.78 is 0. The monoisotopic (exact) mass is 378 g/mol. The summed E-state index contributed by atoms with van der Waals surface area (Å²) in [6.45, 7) is 11.3. The summed E-state index contributed by atoms with van der Waals surface area (Å²) in [7, 11) is 0. The topological polar surface area (TPSA) is 55.9 Å². The third-order valence-corrected chi connectivity index (χ3v) is 6.68. The van der Waals surface area contributed by atoms with Crippen molar-refractivity contribution >= 4 is 11.8 Å². The summed E-state index contributed by atoms with van der Waals surface area (Å²) in [5.74, 6) is 1.32. The van der Waals surface area contributed by atoms with E-state index in [1.54, 1.807) is 0 Å². The van der Waals surface area contributed by atoms with Gasteiger partial charge in [-0.3, -0.25) is 14.5 Å². The van der Waals surface area contributed by atoms with Gasteiger partial charge in [0, 0.05) is 45.2 Å². The molecule has 1 N–H and O–H groups in total. The third kappa shape index (κ3) is 5.44. The minimum Gasteiger partial charge on any atom is -0.353 e. The van der Waals surface area contributed by atoms with Crippen LogP contribution in [0.5, 0.6) is 0 Å².